The number of rotatable bonds is 5. The van der Waals surface area contributed by atoms with Gasteiger partial charge in [-0.25, -0.2) is 17.4 Å². The number of aryl methyl sites for hydroxylation is 1. The van der Waals surface area contributed by atoms with E-state index in [1.165, 1.54) is 3.97 Å². The van der Waals surface area contributed by atoms with Gasteiger partial charge in [0.15, 0.2) is 11.6 Å². The molecule has 7 heteroatoms. The minimum atomic E-state index is -3.76. The van der Waals surface area contributed by atoms with E-state index in [9.17, 15) is 8.42 Å². The van der Waals surface area contributed by atoms with Gasteiger partial charge < -0.3 is 8.98 Å². The highest BCUT2D eigenvalue weighted by atomic mass is 32.2. The molecule has 0 saturated heterocycles. The monoisotopic (exact) mass is 467 g/mol. The van der Waals surface area contributed by atoms with Crippen molar-refractivity contribution in [1.82, 2.24) is 13.5 Å². The molecule has 0 bridgehead atoms. The Kier molecular flexibility index (Phi) is 4.67. The molecule has 3 aromatic carbocycles. The summed E-state index contributed by atoms with van der Waals surface area (Å²) in [5.74, 6) is 1.36. The maximum absolute atomic E-state index is 13.6. The van der Waals surface area contributed by atoms with E-state index < -0.39 is 10.0 Å². The molecule has 3 aromatic heterocycles. The van der Waals surface area contributed by atoms with Crippen molar-refractivity contribution in [3.63, 3.8) is 0 Å². The fourth-order valence-electron chi connectivity index (χ4n) is 4.37. The van der Waals surface area contributed by atoms with Crippen molar-refractivity contribution in [3.8, 4) is 11.6 Å². The van der Waals surface area contributed by atoms with Gasteiger partial charge in [0.05, 0.1) is 34.3 Å². The lowest BCUT2D eigenvalue weighted by molar-refractivity contribution is 0.572. The lowest BCUT2D eigenvalue weighted by atomic mass is 10.1. The average molecular weight is 468 g/mol. The summed E-state index contributed by atoms with van der Waals surface area (Å²) in [4.78, 5) is 5.05. The number of aromatic nitrogens is 3. The van der Waals surface area contributed by atoms with Crippen LogP contribution in [0.4, 0.5) is 0 Å². The summed E-state index contributed by atoms with van der Waals surface area (Å²) in [5.41, 5.74) is 4.33. The number of benzene rings is 3. The molecule has 0 amide bonds. The van der Waals surface area contributed by atoms with Gasteiger partial charge in [-0.1, -0.05) is 48.0 Å². The predicted octanol–water partition coefficient (Wildman–Crippen LogP) is 5.84. The number of nitrogens with zero attached hydrogens (tertiary/aromatic N) is 3. The van der Waals surface area contributed by atoms with Gasteiger partial charge in [0.1, 0.15) is 0 Å². The second kappa shape index (κ2) is 7.74. The molecular weight excluding hydrogens is 446 g/mol. The maximum atomic E-state index is 13.6. The third-order valence-electron chi connectivity index (χ3n) is 6.06. The second-order valence-electron chi connectivity index (χ2n) is 8.27. The molecular formula is C27H21N3O3S. The van der Waals surface area contributed by atoms with Gasteiger partial charge in [-0.05, 0) is 55.0 Å². The Morgan fingerprint density at radius 2 is 1.59 bits per heavy atom. The van der Waals surface area contributed by atoms with Crippen LogP contribution in [0.15, 0.2) is 107 Å². The van der Waals surface area contributed by atoms with E-state index >= 15 is 0 Å². The Morgan fingerprint density at radius 3 is 2.35 bits per heavy atom. The topological polar surface area (TPSA) is 70.0 Å². The molecule has 0 fully saturated rings. The smallest absolute Gasteiger partial charge is 0.268 e. The van der Waals surface area contributed by atoms with Gasteiger partial charge in [0, 0.05) is 11.6 Å². The molecule has 0 aliphatic heterocycles. The van der Waals surface area contributed by atoms with Crippen LogP contribution in [0.25, 0.3) is 33.5 Å². The summed E-state index contributed by atoms with van der Waals surface area (Å²) in [6, 6.07) is 26.1. The van der Waals surface area contributed by atoms with E-state index in [1.54, 1.807) is 24.6 Å². The van der Waals surface area contributed by atoms with Crippen molar-refractivity contribution in [3.05, 3.63) is 109 Å². The molecule has 3 heterocycles. The van der Waals surface area contributed by atoms with Crippen LogP contribution in [0.5, 0.6) is 0 Å². The quantitative estimate of drug-likeness (QED) is 0.319. The summed E-state index contributed by atoms with van der Waals surface area (Å²) in [7, 11) is -3.76. The van der Waals surface area contributed by atoms with E-state index in [-0.39, 0.29) is 4.90 Å². The van der Waals surface area contributed by atoms with Crippen LogP contribution >= 0.6 is 0 Å². The van der Waals surface area contributed by atoms with Crippen molar-refractivity contribution in [2.24, 2.45) is 0 Å². The first-order chi connectivity index (χ1) is 16.5. The summed E-state index contributed by atoms with van der Waals surface area (Å²) < 4.78 is 36.2. The predicted molar refractivity (Wildman–Crippen MR) is 132 cm³/mol. The normalized spacial score (nSPS) is 12.0. The standard InChI is InChI=1S/C27H21N3O3S/c1-19-12-14-21(15-13-19)34(31,32)30-18-20(22-7-2-4-9-24(22)30)17-29-25-10-5-3-8-23(25)28-27(29)26-11-6-16-33-26/h2-16,18H,17H2,1H3. The van der Waals surface area contributed by atoms with Crippen molar-refractivity contribution < 1.29 is 12.8 Å². The number of fused-ring (bicyclic) bond motifs is 2. The lowest BCUT2D eigenvalue weighted by Gasteiger charge is -2.08. The molecule has 0 aliphatic carbocycles. The first-order valence-electron chi connectivity index (χ1n) is 10.9. The van der Waals surface area contributed by atoms with E-state index in [0.717, 1.165) is 27.5 Å². The van der Waals surface area contributed by atoms with E-state index in [2.05, 4.69) is 4.57 Å². The average Bonchev–Trinajstić information content (AvgIpc) is 3.58. The molecule has 0 spiro atoms. The summed E-state index contributed by atoms with van der Waals surface area (Å²) in [5, 5.41) is 0.876. The molecule has 0 saturated carbocycles. The minimum Gasteiger partial charge on any atom is -0.461 e. The van der Waals surface area contributed by atoms with Crippen LogP contribution in [0, 0.1) is 6.92 Å². The third kappa shape index (κ3) is 3.24. The van der Waals surface area contributed by atoms with Crippen LogP contribution in [0.1, 0.15) is 11.1 Å². The van der Waals surface area contributed by atoms with E-state index in [4.69, 9.17) is 9.40 Å². The third-order valence-corrected chi connectivity index (χ3v) is 7.75. The number of para-hydroxylation sites is 3. The highest BCUT2D eigenvalue weighted by Crippen LogP contribution is 2.30. The first-order valence-corrected chi connectivity index (χ1v) is 12.4. The van der Waals surface area contributed by atoms with Crippen LogP contribution < -0.4 is 0 Å². The summed E-state index contributed by atoms with van der Waals surface area (Å²) in [6.45, 7) is 2.37. The second-order valence-corrected chi connectivity index (χ2v) is 10.1. The highest BCUT2D eigenvalue weighted by Gasteiger charge is 2.22. The Morgan fingerprint density at radius 1 is 0.853 bits per heavy atom. The Labute approximate surface area is 196 Å². The van der Waals surface area contributed by atoms with Crippen LogP contribution in [-0.4, -0.2) is 21.9 Å². The zero-order valence-electron chi connectivity index (χ0n) is 18.4. The van der Waals surface area contributed by atoms with Crippen LogP contribution in [0.3, 0.4) is 0 Å². The molecule has 0 atom stereocenters. The molecule has 34 heavy (non-hydrogen) atoms. The van der Waals surface area contributed by atoms with Gasteiger partial charge in [-0.2, -0.15) is 0 Å². The van der Waals surface area contributed by atoms with Crippen LogP contribution in [-0.2, 0) is 16.6 Å². The van der Waals surface area contributed by atoms with Crippen LogP contribution in [0.2, 0.25) is 0 Å². The molecule has 6 rings (SSSR count). The van der Waals surface area contributed by atoms with Crippen molar-refractivity contribution in [2.75, 3.05) is 0 Å². The van der Waals surface area contributed by atoms with Crippen molar-refractivity contribution in [2.45, 2.75) is 18.4 Å². The molecule has 0 N–H and O–H groups in total. The zero-order chi connectivity index (χ0) is 23.3. The van der Waals surface area contributed by atoms with E-state index in [0.29, 0.717) is 23.6 Å². The fourth-order valence-corrected chi connectivity index (χ4v) is 5.76. The number of hydrogen-bond acceptors (Lipinski definition) is 4. The number of imidazole rings is 1. The van der Waals surface area contributed by atoms with Gasteiger partial charge in [-0.3, -0.25) is 0 Å². The molecule has 168 valence electrons. The largest absolute Gasteiger partial charge is 0.461 e. The van der Waals surface area contributed by atoms with Gasteiger partial charge in [-0.15, -0.1) is 0 Å². The first kappa shape index (κ1) is 20.5. The molecule has 0 unspecified atom stereocenters. The minimum absolute atomic E-state index is 0.259. The molecule has 0 aliphatic rings. The van der Waals surface area contributed by atoms with E-state index in [1.807, 2.05) is 79.7 Å². The Balaban J connectivity index is 1.54. The Hall–Kier alpha value is -4.10. The SMILES string of the molecule is Cc1ccc(S(=O)(=O)n2cc(Cn3c(-c4ccco4)nc4ccccc43)c3ccccc32)cc1. The lowest BCUT2D eigenvalue weighted by Crippen LogP contribution is -2.12. The summed E-state index contributed by atoms with van der Waals surface area (Å²) in [6.07, 6.45) is 3.35. The molecule has 0 radical (unpaired) electrons. The van der Waals surface area contributed by atoms with Gasteiger partial charge in [0.2, 0.25) is 0 Å². The zero-order valence-corrected chi connectivity index (χ0v) is 19.2. The van der Waals surface area contributed by atoms with Gasteiger partial charge >= 0.3 is 0 Å². The van der Waals surface area contributed by atoms with Crippen molar-refractivity contribution >= 4 is 32.0 Å². The molecule has 6 nitrogen and oxygen atoms in total. The maximum Gasteiger partial charge on any atom is 0.268 e. The van der Waals surface area contributed by atoms with Crippen molar-refractivity contribution in [1.29, 1.82) is 0 Å². The number of furan rings is 1. The highest BCUT2D eigenvalue weighted by molar-refractivity contribution is 7.90. The summed E-state index contributed by atoms with van der Waals surface area (Å²) >= 11 is 0. The molecule has 6 aromatic rings. The Bertz CT molecular complexity index is 1740. The number of hydrogen-bond donors (Lipinski definition) is 0. The fraction of sp³-hybridized carbons (Fsp3) is 0.0741. The van der Waals surface area contributed by atoms with Gasteiger partial charge in [0.25, 0.3) is 10.0 Å².